The number of benzene rings is 1. The molecular formula is C9H6BrF3O. The smallest absolute Gasteiger partial charge is 0.368 e. The van der Waals surface area contributed by atoms with Crippen LogP contribution in [-0.2, 0) is 10.9 Å². The van der Waals surface area contributed by atoms with E-state index in [2.05, 4.69) is 15.9 Å². The van der Waals surface area contributed by atoms with E-state index in [-0.39, 0.29) is 6.10 Å². The Bertz CT molecular complexity index is 358. The van der Waals surface area contributed by atoms with E-state index in [1.807, 2.05) is 0 Å². The van der Waals surface area contributed by atoms with Crippen LogP contribution in [0.4, 0.5) is 13.2 Å². The Hall–Kier alpha value is -0.550. The molecule has 0 radical (unpaired) electrons. The molecule has 0 N–H and O–H groups in total. The lowest BCUT2D eigenvalue weighted by Gasteiger charge is -2.08. The lowest BCUT2D eigenvalue weighted by Crippen LogP contribution is -2.05. The number of epoxide rings is 1. The van der Waals surface area contributed by atoms with E-state index in [9.17, 15) is 13.2 Å². The minimum absolute atomic E-state index is 0.0355. The lowest BCUT2D eigenvalue weighted by atomic mass is 10.1. The van der Waals surface area contributed by atoms with Crippen molar-refractivity contribution in [3.8, 4) is 0 Å². The Balaban J connectivity index is 2.35. The molecule has 1 heterocycles. The van der Waals surface area contributed by atoms with Gasteiger partial charge in [0, 0.05) is 4.47 Å². The molecule has 2 rings (SSSR count). The fourth-order valence-electron chi connectivity index (χ4n) is 1.19. The molecular weight excluding hydrogens is 261 g/mol. The van der Waals surface area contributed by atoms with Crippen molar-refractivity contribution in [1.29, 1.82) is 0 Å². The predicted molar refractivity (Wildman–Crippen MR) is 47.8 cm³/mol. The summed E-state index contributed by atoms with van der Waals surface area (Å²) in [5.41, 5.74) is 0.131. The summed E-state index contributed by atoms with van der Waals surface area (Å²) >= 11 is 3.10. The van der Waals surface area contributed by atoms with Gasteiger partial charge < -0.3 is 4.74 Å². The average Bonchev–Trinajstić information content (AvgIpc) is 2.85. The van der Waals surface area contributed by atoms with Gasteiger partial charge in [-0.05, 0) is 17.7 Å². The van der Waals surface area contributed by atoms with Crippen LogP contribution in [0.1, 0.15) is 17.2 Å². The third-order valence-corrected chi connectivity index (χ3v) is 2.69. The molecule has 1 aliphatic rings. The molecule has 0 aromatic heterocycles. The minimum Gasteiger partial charge on any atom is -0.368 e. The number of alkyl halides is 3. The molecule has 0 saturated carbocycles. The number of halogens is 4. The highest BCUT2D eigenvalue weighted by Crippen LogP contribution is 2.38. The van der Waals surface area contributed by atoms with Crippen molar-refractivity contribution in [2.24, 2.45) is 0 Å². The Morgan fingerprint density at radius 3 is 2.43 bits per heavy atom. The standard InChI is InChI=1S/C9H6BrF3O/c10-7-3-5(9(11,12)13)1-2-6(7)8-4-14-8/h1-3,8H,4H2/t8-/m0/s1. The summed E-state index contributed by atoms with van der Waals surface area (Å²) in [5, 5.41) is 0. The molecule has 1 saturated heterocycles. The Morgan fingerprint density at radius 2 is 2.00 bits per heavy atom. The van der Waals surface area contributed by atoms with E-state index in [1.165, 1.54) is 6.07 Å². The maximum absolute atomic E-state index is 12.3. The SMILES string of the molecule is FC(F)(F)c1ccc([C@@H]2CO2)c(Br)c1. The summed E-state index contributed by atoms with van der Waals surface area (Å²) < 4.78 is 42.2. The third kappa shape index (κ3) is 1.93. The van der Waals surface area contributed by atoms with E-state index in [4.69, 9.17) is 4.74 Å². The van der Waals surface area contributed by atoms with E-state index in [1.54, 1.807) is 0 Å². The summed E-state index contributed by atoms with van der Waals surface area (Å²) in [5.74, 6) is 0. The summed E-state index contributed by atoms with van der Waals surface area (Å²) in [7, 11) is 0. The van der Waals surface area contributed by atoms with E-state index in [0.29, 0.717) is 11.1 Å². The molecule has 76 valence electrons. The van der Waals surface area contributed by atoms with Crippen LogP contribution >= 0.6 is 15.9 Å². The Labute approximate surface area is 87.0 Å². The zero-order valence-electron chi connectivity index (χ0n) is 6.94. The van der Waals surface area contributed by atoms with Crippen LogP contribution in [0.2, 0.25) is 0 Å². The third-order valence-electron chi connectivity index (χ3n) is 2.01. The largest absolute Gasteiger partial charge is 0.416 e. The molecule has 0 aliphatic carbocycles. The Kier molecular flexibility index (Phi) is 2.31. The van der Waals surface area contributed by atoms with Gasteiger partial charge in [0.25, 0.3) is 0 Å². The number of rotatable bonds is 1. The van der Waals surface area contributed by atoms with Crippen LogP contribution in [0.15, 0.2) is 22.7 Å². The Morgan fingerprint density at radius 1 is 1.36 bits per heavy atom. The van der Waals surface area contributed by atoms with E-state index < -0.39 is 11.7 Å². The van der Waals surface area contributed by atoms with Crippen molar-refractivity contribution in [3.63, 3.8) is 0 Å². The molecule has 1 fully saturated rings. The monoisotopic (exact) mass is 266 g/mol. The molecule has 1 atom stereocenters. The summed E-state index contributed by atoms with van der Waals surface area (Å²) in [6, 6.07) is 3.60. The van der Waals surface area contributed by atoms with Crippen molar-refractivity contribution < 1.29 is 17.9 Å². The molecule has 1 nitrogen and oxygen atoms in total. The first-order valence-electron chi connectivity index (χ1n) is 3.97. The highest BCUT2D eigenvalue weighted by Gasteiger charge is 2.33. The highest BCUT2D eigenvalue weighted by molar-refractivity contribution is 9.10. The fraction of sp³-hybridized carbons (Fsp3) is 0.333. The van der Waals surface area contributed by atoms with Crippen molar-refractivity contribution >= 4 is 15.9 Å². The van der Waals surface area contributed by atoms with Gasteiger partial charge in [-0.1, -0.05) is 22.0 Å². The predicted octanol–water partition coefficient (Wildman–Crippen LogP) is 3.54. The van der Waals surface area contributed by atoms with Gasteiger partial charge in [0.15, 0.2) is 0 Å². The molecule has 0 amide bonds. The first-order chi connectivity index (χ1) is 6.48. The molecule has 1 aliphatic heterocycles. The molecule has 0 bridgehead atoms. The van der Waals surface area contributed by atoms with Gasteiger partial charge in [-0.15, -0.1) is 0 Å². The molecule has 0 unspecified atom stereocenters. The molecule has 0 spiro atoms. The van der Waals surface area contributed by atoms with Gasteiger partial charge in [-0.2, -0.15) is 13.2 Å². The van der Waals surface area contributed by atoms with Crippen molar-refractivity contribution in [2.45, 2.75) is 12.3 Å². The van der Waals surface area contributed by atoms with Crippen LogP contribution in [0, 0.1) is 0 Å². The summed E-state index contributed by atoms with van der Waals surface area (Å²) in [6.07, 6.45) is -4.32. The topological polar surface area (TPSA) is 12.5 Å². The zero-order chi connectivity index (χ0) is 10.3. The van der Waals surface area contributed by atoms with Gasteiger partial charge in [0.05, 0.1) is 12.2 Å². The summed E-state index contributed by atoms with van der Waals surface area (Å²) in [6.45, 7) is 0.587. The van der Waals surface area contributed by atoms with Gasteiger partial charge >= 0.3 is 6.18 Å². The maximum Gasteiger partial charge on any atom is 0.416 e. The van der Waals surface area contributed by atoms with E-state index in [0.717, 1.165) is 17.7 Å². The fourth-order valence-corrected chi connectivity index (χ4v) is 1.83. The van der Waals surface area contributed by atoms with Crippen LogP contribution < -0.4 is 0 Å². The second kappa shape index (κ2) is 3.24. The zero-order valence-corrected chi connectivity index (χ0v) is 8.52. The number of hydrogen-bond donors (Lipinski definition) is 0. The van der Waals surface area contributed by atoms with E-state index >= 15 is 0 Å². The number of ether oxygens (including phenoxy) is 1. The molecule has 1 aromatic rings. The number of hydrogen-bond acceptors (Lipinski definition) is 1. The van der Waals surface area contributed by atoms with Crippen LogP contribution in [-0.4, -0.2) is 6.61 Å². The van der Waals surface area contributed by atoms with Crippen molar-refractivity contribution in [2.75, 3.05) is 6.61 Å². The lowest BCUT2D eigenvalue weighted by molar-refractivity contribution is -0.137. The van der Waals surface area contributed by atoms with Gasteiger partial charge in [-0.25, -0.2) is 0 Å². The maximum atomic E-state index is 12.3. The van der Waals surface area contributed by atoms with Crippen LogP contribution in [0.3, 0.4) is 0 Å². The second-order valence-corrected chi connectivity index (χ2v) is 3.91. The van der Waals surface area contributed by atoms with Crippen molar-refractivity contribution in [3.05, 3.63) is 33.8 Å². The molecule has 5 heteroatoms. The highest BCUT2D eigenvalue weighted by atomic mass is 79.9. The quantitative estimate of drug-likeness (QED) is 0.709. The first kappa shape index (κ1) is 9.98. The summed E-state index contributed by atoms with van der Waals surface area (Å²) in [4.78, 5) is 0. The van der Waals surface area contributed by atoms with Crippen LogP contribution in [0.5, 0.6) is 0 Å². The van der Waals surface area contributed by atoms with Crippen LogP contribution in [0.25, 0.3) is 0 Å². The molecule has 14 heavy (non-hydrogen) atoms. The molecule has 1 aromatic carbocycles. The first-order valence-corrected chi connectivity index (χ1v) is 4.76. The van der Waals surface area contributed by atoms with Gasteiger partial charge in [-0.3, -0.25) is 0 Å². The van der Waals surface area contributed by atoms with Gasteiger partial charge in [0.2, 0.25) is 0 Å². The van der Waals surface area contributed by atoms with Gasteiger partial charge in [0.1, 0.15) is 6.10 Å². The average molecular weight is 267 g/mol. The normalized spacial score (nSPS) is 21.0. The second-order valence-electron chi connectivity index (χ2n) is 3.06. The van der Waals surface area contributed by atoms with Crippen molar-refractivity contribution in [1.82, 2.24) is 0 Å². The minimum atomic E-state index is -4.29.